The van der Waals surface area contributed by atoms with Crippen LogP contribution < -0.4 is 0 Å². The number of carbonyl (C=O) groups excluding carboxylic acids is 1. The second kappa shape index (κ2) is 3.88. The van der Waals surface area contributed by atoms with E-state index in [-0.39, 0.29) is 5.97 Å². The van der Waals surface area contributed by atoms with Crippen LogP contribution in [0.25, 0.3) is 0 Å². The lowest BCUT2D eigenvalue weighted by atomic mass is 10.5. The van der Waals surface area contributed by atoms with Crippen LogP contribution in [0.5, 0.6) is 0 Å². The van der Waals surface area contributed by atoms with Crippen LogP contribution >= 0.6 is 27.3 Å². The first-order valence-corrected chi connectivity index (χ1v) is 4.82. The standard InChI is InChI=1S/C7H7BrO2S/c1-2-10-7(9)6-3-5(8)4-11-6/h3-4H,2H2,1H3. The maximum Gasteiger partial charge on any atom is 0.348 e. The predicted molar refractivity (Wildman–Crippen MR) is 48.0 cm³/mol. The molecule has 0 atom stereocenters. The first-order valence-electron chi connectivity index (χ1n) is 3.15. The summed E-state index contributed by atoms with van der Waals surface area (Å²) in [6.45, 7) is 2.22. The lowest BCUT2D eigenvalue weighted by Gasteiger charge is -1.95. The van der Waals surface area contributed by atoms with Crippen LogP contribution in [0.4, 0.5) is 0 Å². The predicted octanol–water partition coefficient (Wildman–Crippen LogP) is 2.69. The van der Waals surface area contributed by atoms with Gasteiger partial charge in [-0.3, -0.25) is 0 Å². The molecule has 0 saturated heterocycles. The van der Waals surface area contributed by atoms with Gasteiger partial charge in [0.15, 0.2) is 0 Å². The van der Waals surface area contributed by atoms with Crippen molar-refractivity contribution in [2.24, 2.45) is 0 Å². The smallest absolute Gasteiger partial charge is 0.348 e. The summed E-state index contributed by atoms with van der Waals surface area (Å²) in [4.78, 5) is 11.7. The van der Waals surface area contributed by atoms with E-state index in [0.29, 0.717) is 11.5 Å². The fraction of sp³-hybridized carbons (Fsp3) is 0.286. The molecule has 0 spiro atoms. The van der Waals surface area contributed by atoms with Gasteiger partial charge in [0.05, 0.1) is 6.61 Å². The maximum absolute atomic E-state index is 11.0. The van der Waals surface area contributed by atoms with Gasteiger partial charge in [0.25, 0.3) is 0 Å². The average molecular weight is 235 g/mol. The van der Waals surface area contributed by atoms with E-state index in [4.69, 9.17) is 4.74 Å². The Morgan fingerprint density at radius 1 is 1.82 bits per heavy atom. The summed E-state index contributed by atoms with van der Waals surface area (Å²) < 4.78 is 5.71. The number of hydrogen-bond donors (Lipinski definition) is 0. The van der Waals surface area contributed by atoms with Crippen LogP contribution in [0.1, 0.15) is 16.6 Å². The van der Waals surface area contributed by atoms with E-state index in [1.807, 2.05) is 5.38 Å². The Balaban J connectivity index is 2.69. The van der Waals surface area contributed by atoms with Crippen LogP contribution in [0.15, 0.2) is 15.9 Å². The third kappa shape index (κ3) is 2.31. The van der Waals surface area contributed by atoms with Crippen molar-refractivity contribution >= 4 is 33.2 Å². The number of carbonyl (C=O) groups is 1. The molecule has 0 saturated carbocycles. The summed E-state index contributed by atoms with van der Waals surface area (Å²) in [6, 6.07) is 1.75. The zero-order valence-corrected chi connectivity index (χ0v) is 8.37. The van der Waals surface area contributed by atoms with E-state index in [2.05, 4.69) is 15.9 Å². The SMILES string of the molecule is CCOC(=O)c1cc(Br)cs1. The summed E-state index contributed by atoms with van der Waals surface area (Å²) in [5.74, 6) is -0.247. The highest BCUT2D eigenvalue weighted by Crippen LogP contribution is 2.20. The van der Waals surface area contributed by atoms with Crippen LogP contribution in [0, 0.1) is 0 Å². The molecule has 0 aliphatic rings. The highest BCUT2D eigenvalue weighted by atomic mass is 79.9. The van der Waals surface area contributed by atoms with Crippen LogP contribution in [0.2, 0.25) is 0 Å². The minimum atomic E-state index is -0.247. The molecule has 60 valence electrons. The molecule has 0 aliphatic carbocycles. The van der Waals surface area contributed by atoms with Gasteiger partial charge < -0.3 is 4.74 Å². The van der Waals surface area contributed by atoms with Gasteiger partial charge in [-0.2, -0.15) is 0 Å². The first-order chi connectivity index (χ1) is 5.24. The monoisotopic (exact) mass is 234 g/mol. The second-order valence-electron chi connectivity index (χ2n) is 1.85. The Morgan fingerprint density at radius 3 is 3.00 bits per heavy atom. The van der Waals surface area contributed by atoms with Gasteiger partial charge in [-0.25, -0.2) is 4.79 Å². The van der Waals surface area contributed by atoms with Crippen molar-refractivity contribution in [1.82, 2.24) is 0 Å². The quantitative estimate of drug-likeness (QED) is 0.736. The lowest BCUT2D eigenvalue weighted by molar-refractivity contribution is 0.0532. The molecule has 0 N–H and O–H groups in total. The van der Waals surface area contributed by atoms with Gasteiger partial charge in [-0.15, -0.1) is 11.3 Å². The van der Waals surface area contributed by atoms with Gasteiger partial charge in [0.2, 0.25) is 0 Å². The van der Waals surface area contributed by atoms with Crippen LogP contribution in [-0.2, 0) is 4.74 Å². The summed E-state index contributed by atoms with van der Waals surface area (Å²) in [5, 5.41) is 1.85. The minimum absolute atomic E-state index is 0.247. The molecule has 0 aliphatic heterocycles. The third-order valence-corrected chi connectivity index (χ3v) is 2.72. The molecule has 1 aromatic rings. The molecular weight excluding hydrogens is 228 g/mol. The topological polar surface area (TPSA) is 26.3 Å². The highest BCUT2D eigenvalue weighted by molar-refractivity contribution is 9.10. The fourth-order valence-corrected chi connectivity index (χ4v) is 1.94. The zero-order valence-electron chi connectivity index (χ0n) is 5.96. The van der Waals surface area contributed by atoms with E-state index in [1.165, 1.54) is 11.3 Å². The molecule has 0 amide bonds. The van der Waals surface area contributed by atoms with E-state index in [0.717, 1.165) is 4.47 Å². The molecule has 2 nitrogen and oxygen atoms in total. The zero-order chi connectivity index (χ0) is 8.27. The Morgan fingerprint density at radius 2 is 2.55 bits per heavy atom. The van der Waals surface area contributed by atoms with Crippen LogP contribution in [0.3, 0.4) is 0 Å². The van der Waals surface area contributed by atoms with E-state index >= 15 is 0 Å². The van der Waals surface area contributed by atoms with Crippen molar-refractivity contribution in [1.29, 1.82) is 0 Å². The van der Waals surface area contributed by atoms with E-state index < -0.39 is 0 Å². The maximum atomic E-state index is 11.0. The van der Waals surface area contributed by atoms with Gasteiger partial charge in [-0.05, 0) is 28.9 Å². The van der Waals surface area contributed by atoms with Crippen molar-refractivity contribution in [3.8, 4) is 0 Å². The molecule has 0 aromatic carbocycles. The Bertz CT molecular complexity index is 257. The van der Waals surface area contributed by atoms with Crippen molar-refractivity contribution in [3.63, 3.8) is 0 Å². The fourth-order valence-electron chi connectivity index (χ4n) is 0.622. The average Bonchev–Trinajstić information content (AvgIpc) is 2.36. The molecule has 4 heteroatoms. The summed E-state index contributed by atoms with van der Waals surface area (Å²) in [6.07, 6.45) is 0. The van der Waals surface area contributed by atoms with Gasteiger partial charge in [0, 0.05) is 9.85 Å². The molecule has 11 heavy (non-hydrogen) atoms. The largest absolute Gasteiger partial charge is 0.462 e. The summed E-state index contributed by atoms with van der Waals surface area (Å²) >= 11 is 4.63. The Kier molecular flexibility index (Phi) is 3.08. The first kappa shape index (κ1) is 8.74. The highest BCUT2D eigenvalue weighted by Gasteiger charge is 2.07. The minimum Gasteiger partial charge on any atom is -0.462 e. The van der Waals surface area contributed by atoms with Gasteiger partial charge in [-0.1, -0.05) is 0 Å². The molecule has 1 aromatic heterocycles. The molecule has 0 fully saturated rings. The summed E-state index contributed by atoms with van der Waals surface area (Å²) in [7, 11) is 0. The summed E-state index contributed by atoms with van der Waals surface area (Å²) in [5.41, 5.74) is 0. The molecule has 0 bridgehead atoms. The van der Waals surface area contributed by atoms with Crippen molar-refractivity contribution in [2.45, 2.75) is 6.92 Å². The van der Waals surface area contributed by atoms with Crippen molar-refractivity contribution in [2.75, 3.05) is 6.61 Å². The van der Waals surface area contributed by atoms with Crippen LogP contribution in [-0.4, -0.2) is 12.6 Å². The second-order valence-corrected chi connectivity index (χ2v) is 3.68. The number of thiophene rings is 1. The Hall–Kier alpha value is -0.350. The normalized spacial score (nSPS) is 9.64. The Labute approximate surface area is 77.3 Å². The van der Waals surface area contributed by atoms with Crippen molar-refractivity contribution < 1.29 is 9.53 Å². The van der Waals surface area contributed by atoms with Gasteiger partial charge in [0.1, 0.15) is 4.88 Å². The van der Waals surface area contributed by atoms with E-state index in [9.17, 15) is 4.79 Å². The lowest BCUT2D eigenvalue weighted by Crippen LogP contribution is -2.01. The number of rotatable bonds is 2. The van der Waals surface area contributed by atoms with Gasteiger partial charge >= 0.3 is 5.97 Å². The van der Waals surface area contributed by atoms with Crippen molar-refractivity contribution in [3.05, 3.63) is 20.8 Å². The molecule has 0 radical (unpaired) electrons. The molecule has 1 heterocycles. The number of esters is 1. The molecular formula is C7H7BrO2S. The van der Waals surface area contributed by atoms with E-state index in [1.54, 1.807) is 13.0 Å². The number of halogens is 1. The number of ether oxygens (including phenoxy) is 1. The molecule has 1 rings (SSSR count). The third-order valence-electron chi connectivity index (χ3n) is 1.04. The number of hydrogen-bond acceptors (Lipinski definition) is 3. The molecule has 0 unspecified atom stereocenters.